The summed E-state index contributed by atoms with van der Waals surface area (Å²) in [6.45, 7) is 3.34. The molecule has 0 radical (unpaired) electrons. The summed E-state index contributed by atoms with van der Waals surface area (Å²) in [5.74, 6) is -1.00. The Kier molecular flexibility index (Phi) is 5.55. The first-order chi connectivity index (χ1) is 8.49. The zero-order valence-electron chi connectivity index (χ0n) is 11.0. The van der Waals surface area contributed by atoms with E-state index in [-0.39, 0.29) is 19.1 Å². The zero-order valence-corrected chi connectivity index (χ0v) is 11.0. The van der Waals surface area contributed by atoms with Gasteiger partial charge in [0, 0.05) is 20.2 Å². The summed E-state index contributed by atoms with van der Waals surface area (Å²) in [5, 5.41) is 9.16. The average Bonchev–Trinajstić information content (AvgIpc) is 2.34. The molecular weight excluding hydrogens is 238 g/mol. The summed E-state index contributed by atoms with van der Waals surface area (Å²) in [6.07, 6.45) is 1.32. The van der Waals surface area contributed by atoms with Crippen LogP contribution in [0.4, 0.5) is 0 Å². The van der Waals surface area contributed by atoms with Crippen molar-refractivity contribution in [2.24, 2.45) is 5.41 Å². The summed E-state index contributed by atoms with van der Waals surface area (Å²) in [6, 6.07) is 0. The number of likely N-dealkylation sites (tertiary alicyclic amines) is 1. The largest absolute Gasteiger partial charge is 0.481 e. The number of carboxylic acids is 1. The second-order valence-electron chi connectivity index (χ2n) is 4.83. The highest BCUT2D eigenvalue weighted by Gasteiger charge is 2.39. The molecule has 1 saturated heterocycles. The van der Waals surface area contributed by atoms with E-state index in [0.29, 0.717) is 32.6 Å². The van der Waals surface area contributed by atoms with Crippen molar-refractivity contribution in [1.29, 1.82) is 0 Å². The van der Waals surface area contributed by atoms with E-state index >= 15 is 0 Å². The molecule has 1 N–H and O–H groups in total. The number of carbonyl (C=O) groups excluding carboxylic acids is 1. The minimum atomic E-state index is -0.847. The quantitative estimate of drug-likeness (QED) is 0.697. The van der Waals surface area contributed by atoms with Crippen LogP contribution in [0, 0.1) is 5.41 Å². The predicted molar refractivity (Wildman–Crippen MR) is 64.3 cm³/mol. The third-order valence-electron chi connectivity index (χ3n) is 3.22. The molecule has 6 heteroatoms. The fourth-order valence-corrected chi connectivity index (χ4v) is 2.02. The summed E-state index contributed by atoms with van der Waals surface area (Å²) in [7, 11) is 1.56. The molecule has 1 atom stereocenters. The van der Waals surface area contributed by atoms with Gasteiger partial charge in [0.25, 0.3) is 0 Å². The average molecular weight is 259 g/mol. The number of methoxy groups -OCH3 is 1. The number of hydrogen-bond acceptors (Lipinski definition) is 4. The van der Waals surface area contributed by atoms with Gasteiger partial charge in [0.1, 0.15) is 6.61 Å². The lowest BCUT2D eigenvalue weighted by molar-refractivity contribution is -0.154. The molecule has 0 saturated carbocycles. The molecule has 1 fully saturated rings. The van der Waals surface area contributed by atoms with E-state index in [1.165, 1.54) is 0 Å². The number of amides is 1. The number of ether oxygens (including phenoxy) is 2. The summed E-state index contributed by atoms with van der Waals surface area (Å²) < 4.78 is 9.96. The van der Waals surface area contributed by atoms with Crippen LogP contribution in [0.2, 0.25) is 0 Å². The van der Waals surface area contributed by atoms with E-state index in [0.717, 1.165) is 0 Å². The molecule has 1 aliphatic rings. The van der Waals surface area contributed by atoms with Crippen LogP contribution in [-0.2, 0) is 19.1 Å². The molecule has 0 aromatic heterocycles. The van der Waals surface area contributed by atoms with Gasteiger partial charge in [0.05, 0.1) is 18.6 Å². The molecule has 1 amide bonds. The van der Waals surface area contributed by atoms with Crippen molar-refractivity contribution in [2.75, 3.05) is 40.0 Å². The molecule has 1 aliphatic heterocycles. The first kappa shape index (κ1) is 14.9. The number of nitrogens with zero attached hydrogens (tertiary/aromatic N) is 1. The van der Waals surface area contributed by atoms with Crippen LogP contribution in [0.5, 0.6) is 0 Å². The van der Waals surface area contributed by atoms with Gasteiger partial charge < -0.3 is 19.5 Å². The third kappa shape index (κ3) is 3.96. The maximum absolute atomic E-state index is 11.8. The summed E-state index contributed by atoms with van der Waals surface area (Å²) >= 11 is 0. The molecule has 1 heterocycles. The van der Waals surface area contributed by atoms with Gasteiger partial charge >= 0.3 is 5.97 Å². The maximum atomic E-state index is 11.8. The second kappa shape index (κ2) is 6.70. The highest BCUT2D eigenvalue weighted by molar-refractivity contribution is 5.80. The van der Waals surface area contributed by atoms with Gasteiger partial charge in [-0.15, -0.1) is 0 Å². The van der Waals surface area contributed by atoms with Crippen molar-refractivity contribution in [1.82, 2.24) is 4.90 Å². The van der Waals surface area contributed by atoms with Gasteiger partial charge in [-0.25, -0.2) is 0 Å². The normalized spacial score (nSPS) is 24.0. The van der Waals surface area contributed by atoms with Crippen molar-refractivity contribution in [3.8, 4) is 0 Å². The van der Waals surface area contributed by atoms with Gasteiger partial charge in [-0.2, -0.15) is 0 Å². The highest BCUT2D eigenvalue weighted by Crippen LogP contribution is 2.29. The first-order valence-electron chi connectivity index (χ1n) is 6.07. The Labute approximate surface area is 107 Å². The molecule has 6 nitrogen and oxygen atoms in total. The van der Waals surface area contributed by atoms with Crippen LogP contribution < -0.4 is 0 Å². The van der Waals surface area contributed by atoms with Crippen LogP contribution in [0.25, 0.3) is 0 Å². The Morgan fingerprint density at radius 3 is 2.72 bits per heavy atom. The molecule has 1 rings (SSSR count). The van der Waals surface area contributed by atoms with Crippen LogP contribution >= 0.6 is 0 Å². The van der Waals surface area contributed by atoms with E-state index in [9.17, 15) is 9.59 Å². The van der Waals surface area contributed by atoms with Crippen molar-refractivity contribution in [3.63, 3.8) is 0 Å². The van der Waals surface area contributed by atoms with Crippen molar-refractivity contribution < 1.29 is 24.2 Å². The summed E-state index contributed by atoms with van der Waals surface area (Å²) in [5.41, 5.74) is -0.833. The Morgan fingerprint density at radius 2 is 2.11 bits per heavy atom. The molecule has 104 valence electrons. The second-order valence-corrected chi connectivity index (χ2v) is 4.83. The third-order valence-corrected chi connectivity index (χ3v) is 3.22. The van der Waals surface area contributed by atoms with Gasteiger partial charge in [-0.1, -0.05) is 0 Å². The Bertz CT molecular complexity index is 307. The highest BCUT2D eigenvalue weighted by atomic mass is 16.5. The van der Waals surface area contributed by atoms with Crippen LogP contribution in [0.3, 0.4) is 0 Å². The minimum Gasteiger partial charge on any atom is -0.481 e. The fourth-order valence-electron chi connectivity index (χ4n) is 2.02. The molecular formula is C12H21NO5. The smallest absolute Gasteiger partial charge is 0.311 e. The Balaban J connectivity index is 2.41. The van der Waals surface area contributed by atoms with Gasteiger partial charge in [-0.05, 0) is 19.8 Å². The minimum absolute atomic E-state index is 0.0148. The van der Waals surface area contributed by atoms with Gasteiger partial charge in [0.2, 0.25) is 5.91 Å². The lowest BCUT2D eigenvalue weighted by atomic mass is 9.82. The van der Waals surface area contributed by atoms with Crippen molar-refractivity contribution in [3.05, 3.63) is 0 Å². The Morgan fingerprint density at radius 1 is 1.39 bits per heavy atom. The predicted octanol–water partition coefficient (Wildman–Crippen LogP) is 0.363. The molecule has 1 unspecified atom stereocenters. The number of carboxylic acid groups (broad SMARTS) is 1. The number of piperidine rings is 1. The topological polar surface area (TPSA) is 76.1 Å². The standard InChI is InChI=1S/C12H21NO5/c1-12(11(15)16)4-3-5-13(9-12)10(14)8-18-7-6-17-2/h3-9H2,1-2H3,(H,15,16). The van der Waals surface area contributed by atoms with Crippen LogP contribution in [0.1, 0.15) is 19.8 Å². The van der Waals surface area contributed by atoms with Crippen molar-refractivity contribution >= 4 is 11.9 Å². The molecule has 0 spiro atoms. The fraction of sp³-hybridized carbons (Fsp3) is 0.833. The van der Waals surface area contributed by atoms with E-state index in [4.69, 9.17) is 14.6 Å². The monoisotopic (exact) mass is 259 g/mol. The van der Waals surface area contributed by atoms with E-state index in [1.807, 2.05) is 0 Å². The zero-order chi connectivity index (χ0) is 13.6. The number of carbonyl (C=O) groups is 2. The number of hydrogen-bond donors (Lipinski definition) is 1. The SMILES string of the molecule is COCCOCC(=O)N1CCCC(C)(C(=O)O)C1. The number of rotatable bonds is 6. The first-order valence-corrected chi connectivity index (χ1v) is 6.07. The van der Waals surface area contributed by atoms with Crippen LogP contribution in [-0.4, -0.2) is 61.9 Å². The van der Waals surface area contributed by atoms with Gasteiger partial charge in [0.15, 0.2) is 0 Å². The lowest BCUT2D eigenvalue weighted by Gasteiger charge is -2.37. The summed E-state index contributed by atoms with van der Waals surface area (Å²) in [4.78, 5) is 24.6. The van der Waals surface area contributed by atoms with Crippen molar-refractivity contribution in [2.45, 2.75) is 19.8 Å². The van der Waals surface area contributed by atoms with Crippen LogP contribution in [0.15, 0.2) is 0 Å². The molecule has 0 aromatic rings. The van der Waals surface area contributed by atoms with Gasteiger partial charge in [-0.3, -0.25) is 9.59 Å². The molecule has 18 heavy (non-hydrogen) atoms. The molecule has 0 aliphatic carbocycles. The van der Waals surface area contributed by atoms with E-state index in [2.05, 4.69) is 0 Å². The molecule has 0 aromatic carbocycles. The number of aliphatic carboxylic acids is 1. The Hall–Kier alpha value is -1.14. The maximum Gasteiger partial charge on any atom is 0.311 e. The molecule has 0 bridgehead atoms. The lowest BCUT2D eigenvalue weighted by Crippen LogP contribution is -2.49. The van der Waals surface area contributed by atoms with E-state index < -0.39 is 11.4 Å². The van der Waals surface area contributed by atoms with E-state index in [1.54, 1.807) is 18.9 Å².